The first-order chi connectivity index (χ1) is 7.84. The molecule has 1 fully saturated rings. The molecular formula is C13H19IN2. The lowest BCUT2D eigenvalue weighted by atomic mass is 10.1. The van der Waals surface area contributed by atoms with E-state index in [1.54, 1.807) is 0 Å². The Hall–Kier alpha value is -0.130. The lowest BCUT2D eigenvalue weighted by Crippen LogP contribution is -2.42. The maximum atomic E-state index is 2.58. The van der Waals surface area contributed by atoms with E-state index in [4.69, 9.17) is 0 Å². The minimum absolute atomic E-state index is 1.21. The van der Waals surface area contributed by atoms with Gasteiger partial charge in [0.05, 0.1) is 0 Å². The normalized spacial score (nSPS) is 18.8. The number of piperazine rings is 1. The second kappa shape index (κ2) is 6.57. The van der Waals surface area contributed by atoms with Gasteiger partial charge in [0.25, 0.3) is 0 Å². The van der Waals surface area contributed by atoms with Crippen molar-refractivity contribution in [2.45, 2.75) is 12.8 Å². The maximum absolute atomic E-state index is 2.58. The van der Waals surface area contributed by atoms with Crippen LogP contribution in [0.25, 0.3) is 0 Å². The van der Waals surface area contributed by atoms with E-state index >= 15 is 0 Å². The SMILES string of the molecule is IN1CCN(CCCc2ccccc2)CC1. The lowest BCUT2D eigenvalue weighted by molar-refractivity contribution is 0.204. The second-order valence-corrected chi connectivity index (χ2v) is 5.71. The van der Waals surface area contributed by atoms with Crippen molar-refractivity contribution < 1.29 is 0 Å². The molecule has 88 valence electrons. The number of hydrogen-bond donors (Lipinski definition) is 0. The van der Waals surface area contributed by atoms with Gasteiger partial charge in [-0.3, -0.25) is 0 Å². The summed E-state index contributed by atoms with van der Waals surface area (Å²) >= 11 is 2.42. The molecule has 1 aliphatic rings. The number of rotatable bonds is 4. The topological polar surface area (TPSA) is 6.48 Å². The van der Waals surface area contributed by atoms with Crippen LogP contribution < -0.4 is 0 Å². The Kier molecular flexibility index (Phi) is 5.06. The molecule has 1 saturated heterocycles. The predicted octanol–water partition coefficient (Wildman–Crippen LogP) is 2.59. The first-order valence-electron chi connectivity index (χ1n) is 6.01. The summed E-state index contributed by atoms with van der Waals surface area (Å²) in [6, 6.07) is 10.8. The van der Waals surface area contributed by atoms with Crippen molar-refractivity contribution in [3.05, 3.63) is 35.9 Å². The van der Waals surface area contributed by atoms with Crippen LogP contribution in [0.5, 0.6) is 0 Å². The molecule has 0 aromatic heterocycles. The Morgan fingerprint density at radius 2 is 1.69 bits per heavy atom. The Balaban J connectivity index is 1.65. The molecule has 0 atom stereocenters. The number of benzene rings is 1. The fourth-order valence-electron chi connectivity index (χ4n) is 2.10. The summed E-state index contributed by atoms with van der Waals surface area (Å²) in [4.78, 5) is 2.58. The first kappa shape index (κ1) is 12.3. The van der Waals surface area contributed by atoms with Gasteiger partial charge in [-0.05, 0) is 24.9 Å². The van der Waals surface area contributed by atoms with Crippen molar-refractivity contribution in [3.63, 3.8) is 0 Å². The zero-order valence-corrected chi connectivity index (χ0v) is 11.8. The van der Waals surface area contributed by atoms with Gasteiger partial charge in [-0.15, -0.1) is 0 Å². The smallest absolute Gasteiger partial charge is 0.0209 e. The quantitative estimate of drug-likeness (QED) is 0.619. The Morgan fingerprint density at radius 3 is 2.38 bits per heavy atom. The van der Waals surface area contributed by atoms with Crippen LogP contribution in [0.1, 0.15) is 12.0 Å². The van der Waals surface area contributed by atoms with E-state index < -0.39 is 0 Å². The van der Waals surface area contributed by atoms with Crippen LogP contribution in [0.15, 0.2) is 30.3 Å². The van der Waals surface area contributed by atoms with Gasteiger partial charge in [0.1, 0.15) is 0 Å². The van der Waals surface area contributed by atoms with Crippen LogP contribution in [0.2, 0.25) is 0 Å². The molecular weight excluding hydrogens is 311 g/mol. The second-order valence-electron chi connectivity index (χ2n) is 4.34. The lowest BCUT2D eigenvalue weighted by Gasteiger charge is -2.31. The molecule has 2 nitrogen and oxygen atoms in total. The molecule has 0 N–H and O–H groups in total. The third kappa shape index (κ3) is 4.03. The summed E-state index contributed by atoms with van der Waals surface area (Å²) in [5, 5.41) is 0. The van der Waals surface area contributed by atoms with Crippen LogP contribution in [-0.4, -0.2) is 40.7 Å². The summed E-state index contributed by atoms with van der Waals surface area (Å²) in [5.41, 5.74) is 1.47. The first-order valence-corrected chi connectivity index (χ1v) is 6.98. The van der Waals surface area contributed by atoms with Gasteiger partial charge in [0.2, 0.25) is 0 Å². The van der Waals surface area contributed by atoms with Gasteiger partial charge in [-0.2, -0.15) is 0 Å². The van der Waals surface area contributed by atoms with Crippen molar-refractivity contribution >= 4 is 22.9 Å². The van der Waals surface area contributed by atoms with Crippen molar-refractivity contribution in [1.29, 1.82) is 0 Å². The molecule has 2 rings (SSSR count). The molecule has 1 aromatic carbocycles. The third-order valence-electron chi connectivity index (χ3n) is 3.10. The molecule has 0 unspecified atom stereocenters. The van der Waals surface area contributed by atoms with Crippen molar-refractivity contribution in [2.24, 2.45) is 0 Å². The summed E-state index contributed by atoms with van der Waals surface area (Å²) in [7, 11) is 0. The van der Waals surface area contributed by atoms with Gasteiger partial charge >= 0.3 is 0 Å². The zero-order chi connectivity index (χ0) is 11.2. The standard InChI is InChI=1S/C13H19IN2/c14-16-11-9-15(10-12-16)8-4-7-13-5-2-1-3-6-13/h1-3,5-6H,4,7-12H2. The van der Waals surface area contributed by atoms with Gasteiger partial charge in [0, 0.05) is 49.0 Å². The highest BCUT2D eigenvalue weighted by atomic mass is 127. The highest BCUT2D eigenvalue weighted by Gasteiger charge is 2.13. The largest absolute Gasteiger partial charge is 0.301 e. The monoisotopic (exact) mass is 330 g/mol. The summed E-state index contributed by atoms with van der Waals surface area (Å²) in [6.45, 7) is 6.15. The Labute approximate surface area is 112 Å². The Bertz CT molecular complexity index is 294. The van der Waals surface area contributed by atoms with Gasteiger partial charge in [-0.1, -0.05) is 30.3 Å². The van der Waals surface area contributed by atoms with Crippen LogP contribution >= 0.6 is 22.9 Å². The highest BCUT2D eigenvalue weighted by molar-refractivity contribution is 14.1. The van der Waals surface area contributed by atoms with E-state index in [1.807, 2.05) is 0 Å². The fraction of sp³-hybridized carbons (Fsp3) is 0.538. The van der Waals surface area contributed by atoms with Gasteiger partial charge in [-0.25, -0.2) is 3.11 Å². The van der Waals surface area contributed by atoms with Crippen LogP contribution in [0, 0.1) is 0 Å². The molecule has 0 saturated carbocycles. The average Bonchev–Trinajstić information content (AvgIpc) is 2.33. The van der Waals surface area contributed by atoms with E-state index in [0.717, 1.165) is 0 Å². The van der Waals surface area contributed by atoms with Crippen LogP contribution in [0.3, 0.4) is 0 Å². The molecule has 0 bridgehead atoms. The molecule has 1 aliphatic heterocycles. The van der Waals surface area contributed by atoms with Crippen molar-refractivity contribution in [1.82, 2.24) is 8.01 Å². The van der Waals surface area contributed by atoms with Crippen molar-refractivity contribution in [2.75, 3.05) is 32.7 Å². The molecule has 0 amide bonds. The number of aryl methyl sites for hydroxylation is 1. The fourth-order valence-corrected chi connectivity index (χ4v) is 2.53. The van der Waals surface area contributed by atoms with Crippen molar-refractivity contribution in [3.8, 4) is 0 Å². The maximum Gasteiger partial charge on any atom is 0.0209 e. The number of nitrogens with zero attached hydrogens (tertiary/aromatic N) is 2. The number of halogens is 1. The minimum Gasteiger partial charge on any atom is -0.301 e. The average molecular weight is 330 g/mol. The van der Waals surface area contributed by atoms with E-state index in [1.165, 1.54) is 51.1 Å². The summed E-state index contributed by atoms with van der Waals surface area (Å²) in [6.07, 6.45) is 2.50. The Morgan fingerprint density at radius 1 is 1.00 bits per heavy atom. The molecule has 0 aliphatic carbocycles. The van der Waals surface area contributed by atoms with E-state index in [2.05, 4.69) is 61.2 Å². The molecule has 16 heavy (non-hydrogen) atoms. The molecule has 1 aromatic rings. The van der Waals surface area contributed by atoms with Gasteiger partial charge < -0.3 is 4.90 Å². The molecule has 0 spiro atoms. The van der Waals surface area contributed by atoms with Gasteiger partial charge in [0.15, 0.2) is 0 Å². The zero-order valence-electron chi connectivity index (χ0n) is 9.61. The van der Waals surface area contributed by atoms with E-state index in [9.17, 15) is 0 Å². The molecule has 1 heterocycles. The molecule has 0 radical (unpaired) electrons. The predicted molar refractivity (Wildman–Crippen MR) is 76.8 cm³/mol. The summed E-state index contributed by atoms with van der Waals surface area (Å²) in [5.74, 6) is 0. The van der Waals surface area contributed by atoms with E-state index in [0.29, 0.717) is 0 Å². The highest BCUT2D eigenvalue weighted by Crippen LogP contribution is 2.08. The minimum atomic E-state index is 1.21. The van der Waals surface area contributed by atoms with E-state index in [-0.39, 0.29) is 0 Å². The number of hydrogen-bond acceptors (Lipinski definition) is 2. The third-order valence-corrected chi connectivity index (χ3v) is 4.07. The van der Waals surface area contributed by atoms with Crippen LogP contribution in [0.4, 0.5) is 0 Å². The molecule has 3 heteroatoms. The van der Waals surface area contributed by atoms with Crippen LogP contribution in [-0.2, 0) is 6.42 Å². The summed E-state index contributed by atoms with van der Waals surface area (Å²) < 4.78 is 2.38.